The predicted molar refractivity (Wildman–Crippen MR) is 94.7 cm³/mol. The van der Waals surface area contributed by atoms with Gasteiger partial charge in [0.25, 0.3) is 0 Å². The van der Waals surface area contributed by atoms with Gasteiger partial charge >= 0.3 is 0 Å². The fraction of sp³-hybridized carbons (Fsp3) is 0.818. The van der Waals surface area contributed by atoms with Crippen LogP contribution in [0.5, 0.6) is 0 Å². The smallest absolute Gasteiger partial charge is 0.130 e. The van der Waals surface area contributed by atoms with E-state index in [9.17, 15) is 10.2 Å². The molecule has 4 aliphatic rings. The molecule has 0 radical (unpaired) electrons. The number of fused-ring (bicyclic) bond motifs is 5. The van der Waals surface area contributed by atoms with Crippen molar-refractivity contribution in [1.82, 2.24) is 0 Å². The highest BCUT2D eigenvalue weighted by Crippen LogP contribution is 2.69. The molecule has 0 bridgehead atoms. The average molecular weight is 328 g/mol. The van der Waals surface area contributed by atoms with Crippen molar-refractivity contribution in [3.8, 4) is 24.7 Å². The minimum Gasteiger partial charge on any atom is -0.378 e. The second-order valence-electron chi connectivity index (χ2n) is 9.71. The van der Waals surface area contributed by atoms with E-state index in [1.165, 1.54) is 6.42 Å². The van der Waals surface area contributed by atoms with Crippen LogP contribution in [0, 0.1) is 59.2 Å². The second kappa shape index (κ2) is 4.81. The van der Waals surface area contributed by atoms with Crippen molar-refractivity contribution in [2.24, 2.45) is 34.5 Å². The van der Waals surface area contributed by atoms with Gasteiger partial charge in [0, 0.05) is 5.41 Å². The molecule has 0 amide bonds. The van der Waals surface area contributed by atoms with E-state index in [0.717, 1.165) is 44.9 Å². The molecule has 4 aliphatic carbocycles. The van der Waals surface area contributed by atoms with E-state index in [-0.39, 0.29) is 10.8 Å². The Kier molecular flexibility index (Phi) is 3.31. The summed E-state index contributed by atoms with van der Waals surface area (Å²) in [5, 5.41) is 21.8. The highest BCUT2D eigenvalue weighted by atomic mass is 16.3. The van der Waals surface area contributed by atoms with Crippen LogP contribution >= 0.6 is 0 Å². The molecule has 24 heavy (non-hydrogen) atoms. The van der Waals surface area contributed by atoms with Gasteiger partial charge in [0.15, 0.2) is 0 Å². The highest BCUT2D eigenvalue weighted by Gasteiger charge is 2.66. The fourth-order valence-corrected chi connectivity index (χ4v) is 7.62. The first kappa shape index (κ1) is 16.5. The van der Waals surface area contributed by atoms with Crippen molar-refractivity contribution < 1.29 is 10.2 Å². The first-order chi connectivity index (χ1) is 11.2. The maximum Gasteiger partial charge on any atom is 0.130 e. The molecule has 0 heterocycles. The molecular formula is C22H30O2. The van der Waals surface area contributed by atoms with Crippen molar-refractivity contribution in [3.63, 3.8) is 0 Å². The Hall–Kier alpha value is -0.960. The molecule has 0 aromatic rings. The van der Waals surface area contributed by atoms with E-state index < -0.39 is 11.2 Å². The van der Waals surface area contributed by atoms with Gasteiger partial charge < -0.3 is 10.2 Å². The van der Waals surface area contributed by atoms with Crippen LogP contribution in [0.3, 0.4) is 0 Å². The molecule has 4 fully saturated rings. The maximum absolute atomic E-state index is 11.0. The van der Waals surface area contributed by atoms with E-state index in [4.69, 9.17) is 12.8 Å². The lowest BCUT2D eigenvalue weighted by Crippen LogP contribution is -2.54. The van der Waals surface area contributed by atoms with E-state index in [1.807, 2.05) is 0 Å². The molecule has 0 saturated heterocycles. The maximum atomic E-state index is 11.0. The lowest BCUT2D eigenvalue weighted by Gasteiger charge is -2.58. The number of hydrogen-bond donors (Lipinski definition) is 2. The fourth-order valence-electron chi connectivity index (χ4n) is 7.62. The largest absolute Gasteiger partial charge is 0.378 e. The van der Waals surface area contributed by atoms with Crippen molar-refractivity contribution in [2.75, 3.05) is 0 Å². The SMILES string of the molecule is C#C[C@]1(O)C[C@@]2(C)[C@@H](CC[C@@H]3[C@@H]2CC[C@@]2(C)[C@H]3CC[C@@]2(O)C#C)[14CH2]1. The summed E-state index contributed by atoms with van der Waals surface area (Å²) in [5.74, 6) is 7.70. The van der Waals surface area contributed by atoms with Gasteiger partial charge in [0.1, 0.15) is 11.2 Å². The number of terminal acetylenes is 2. The Bertz CT molecular complexity index is 641. The van der Waals surface area contributed by atoms with Crippen LogP contribution in [0.15, 0.2) is 0 Å². The molecule has 2 nitrogen and oxygen atoms in total. The van der Waals surface area contributed by atoms with Gasteiger partial charge in [-0.1, -0.05) is 25.7 Å². The van der Waals surface area contributed by atoms with E-state index >= 15 is 0 Å². The van der Waals surface area contributed by atoms with E-state index in [0.29, 0.717) is 23.7 Å². The van der Waals surface area contributed by atoms with Crippen LogP contribution in [0.1, 0.15) is 65.2 Å². The lowest BCUT2D eigenvalue weighted by molar-refractivity contribution is -0.119. The summed E-state index contributed by atoms with van der Waals surface area (Å²) in [6, 6.07) is 0. The van der Waals surface area contributed by atoms with Crippen LogP contribution in [0.25, 0.3) is 0 Å². The summed E-state index contributed by atoms with van der Waals surface area (Å²) in [5.41, 5.74) is -1.85. The van der Waals surface area contributed by atoms with Gasteiger partial charge in [-0.2, -0.15) is 0 Å². The number of aliphatic hydroxyl groups is 2. The Balaban J connectivity index is 1.68. The molecule has 4 rings (SSSR count). The first-order valence-electron chi connectivity index (χ1n) is 9.62. The van der Waals surface area contributed by atoms with Crippen LogP contribution in [0.2, 0.25) is 0 Å². The van der Waals surface area contributed by atoms with Gasteiger partial charge in [0.05, 0.1) is 0 Å². The zero-order valence-corrected chi connectivity index (χ0v) is 15.0. The normalized spacial score (nSPS) is 58.9. The standard InChI is InChI=1S/C22H30O2/c1-5-21(23)13-15-7-8-16-17(19(15,3)14-21)9-11-20(4)18(16)10-12-22(20,24)6-2/h1-2,15-18,23-24H,7-14H2,3-4H3/t15-,16+,17-,18-,19-,20-,21+,22-/m0/s1/i13+2. The third-order valence-electron chi connectivity index (χ3n) is 8.98. The van der Waals surface area contributed by atoms with Crippen molar-refractivity contribution in [3.05, 3.63) is 0 Å². The Labute approximate surface area is 146 Å². The van der Waals surface area contributed by atoms with Crippen LogP contribution in [-0.2, 0) is 0 Å². The molecule has 130 valence electrons. The summed E-state index contributed by atoms with van der Waals surface area (Å²) < 4.78 is 0. The zero-order chi connectivity index (χ0) is 17.4. The highest BCUT2D eigenvalue weighted by molar-refractivity contribution is 5.25. The molecule has 0 aliphatic heterocycles. The molecule has 8 atom stereocenters. The summed E-state index contributed by atoms with van der Waals surface area (Å²) >= 11 is 0. The molecule has 2 N–H and O–H groups in total. The first-order valence-corrected chi connectivity index (χ1v) is 9.62. The lowest BCUT2D eigenvalue weighted by atomic mass is 9.48. The molecule has 0 unspecified atom stereocenters. The minimum atomic E-state index is -0.935. The Morgan fingerprint density at radius 3 is 2.33 bits per heavy atom. The summed E-state index contributed by atoms with van der Waals surface area (Å²) in [4.78, 5) is 0. The van der Waals surface area contributed by atoms with Crippen LogP contribution in [0.4, 0.5) is 0 Å². The Morgan fingerprint density at radius 2 is 1.67 bits per heavy atom. The predicted octanol–water partition coefficient (Wildman–Crippen LogP) is 3.37. The van der Waals surface area contributed by atoms with Crippen LogP contribution < -0.4 is 0 Å². The van der Waals surface area contributed by atoms with Crippen molar-refractivity contribution in [2.45, 2.75) is 76.4 Å². The molecule has 2 heteroatoms. The number of hydrogen-bond acceptors (Lipinski definition) is 2. The summed E-state index contributed by atoms with van der Waals surface area (Å²) in [6.07, 6.45) is 19.1. The quantitative estimate of drug-likeness (QED) is 0.669. The third-order valence-corrected chi connectivity index (χ3v) is 8.98. The molecule has 0 aromatic heterocycles. The van der Waals surface area contributed by atoms with Gasteiger partial charge in [0.2, 0.25) is 0 Å². The third kappa shape index (κ3) is 1.83. The van der Waals surface area contributed by atoms with Crippen molar-refractivity contribution in [1.29, 1.82) is 0 Å². The Morgan fingerprint density at radius 1 is 0.958 bits per heavy atom. The van der Waals surface area contributed by atoms with Gasteiger partial charge in [-0.3, -0.25) is 0 Å². The minimum absolute atomic E-state index is 0.141. The summed E-state index contributed by atoms with van der Waals surface area (Å²) in [6.45, 7) is 4.59. The average Bonchev–Trinajstić information content (AvgIpc) is 2.99. The number of rotatable bonds is 0. The second-order valence-corrected chi connectivity index (χ2v) is 9.71. The van der Waals surface area contributed by atoms with Crippen molar-refractivity contribution >= 4 is 0 Å². The van der Waals surface area contributed by atoms with Crippen LogP contribution in [-0.4, -0.2) is 21.4 Å². The molecular weight excluding hydrogens is 298 g/mol. The van der Waals surface area contributed by atoms with Gasteiger partial charge in [-0.05, 0) is 80.5 Å². The monoisotopic (exact) mass is 328 g/mol. The molecule has 0 spiro atoms. The molecule has 4 saturated carbocycles. The van der Waals surface area contributed by atoms with Gasteiger partial charge in [-0.25, -0.2) is 0 Å². The summed E-state index contributed by atoms with van der Waals surface area (Å²) in [7, 11) is 0. The van der Waals surface area contributed by atoms with Gasteiger partial charge in [-0.15, -0.1) is 12.8 Å². The zero-order valence-electron chi connectivity index (χ0n) is 15.0. The van der Waals surface area contributed by atoms with E-state index in [1.54, 1.807) is 0 Å². The topological polar surface area (TPSA) is 40.5 Å². The molecule has 0 aromatic carbocycles. The van der Waals surface area contributed by atoms with E-state index in [2.05, 4.69) is 25.7 Å².